The van der Waals surface area contributed by atoms with Crippen molar-refractivity contribution in [2.75, 3.05) is 53.4 Å². The molecule has 0 radical (unpaired) electrons. The molecule has 3 aromatic rings. The smallest absolute Gasteiger partial charge is 0.160 e. The van der Waals surface area contributed by atoms with Crippen molar-refractivity contribution in [1.29, 1.82) is 0 Å². The van der Waals surface area contributed by atoms with E-state index in [1.54, 1.807) is 0 Å². The minimum Gasteiger partial charge on any atom is -0.314 e. The van der Waals surface area contributed by atoms with Crippen LogP contribution in [0.15, 0.2) is 42.6 Å². The lowest BCUT2D eigenvalue weighted by Crippen LogP contribution is -2.50. The predicted octanol–water partition coefficient (Wildman–Crippen LogP) is 4.25. The first-order valence-corrected chi connectivity index (χ1v) is 14.3. The van der Waals surface area contributed by atoms with E-state index >= 15 is 0 Å². The van der Waals surface area contributed by atoms with Gasteiger partial charge in [-0.25, -0.2) is 9.97 Å². The molecule has 2 saturated heterocycles. The number of benzene rings is 1. The lowest BCUT2D eigenvalue weighted by atomic mass is 9.79. The van der Waals surface area contributed by atoms with Gasteiger partial charge >= 0.3 is 0 Å². The zero-order valence-electron chi connectivity index (χ0n) is 23.3. The van der Waals surface area contributed by atoms with Crippen LogP contribution in [0.4, 0.5) is 0 Å². The Morgan fingerprint density at radius 2 is 1.76 bits per heavy atom. The van der Waals surface area contributed by atoms with Crippen molar-refractivity contribution >= 4 is 11.2 Å². The molecule has 0 amide bonds. The lowest BCUT2D eigenvalue weighted by Gasteiger charge is -2.46. The molecule has 4 heterocycles. The summed E-state index contributed by atoms with van der Waals surface area (Å²) in [7, 11) is 4.46. The second-order valence-corrected chi connectivity index (χ2v) is 11.1. The fraction of sp³-hybridized carbons (Fsp3) is 0.600. The molecule has 0 unspecified atom stereocenters. The molecular formula is C30H45N7. The zero-order chi connectivity index (χ0) is 25.8. The van der Waals surface area contributed by atoms with Crippen molar-refractivity contribution < 1.29 is 0 Å². The number of aryl methyl sites for hydroxylation is 1. The summed E-state index contributed by atoms with van der Waals surface area (Å²) in [4.78, 5) is 17.8. The largest absolute Gasteiger partial charge is 0.314 e. The maximum atomic E-state index is 5.23. The summed E-state index contributed by atoms with van der Waals surface area (Å²) in [5.41, 5.74) is 4.91. The normalized spacial score (nSPS) is 20.0. The van der Waals surface area contributed by atoms with Crippen LogP contribution in [0, 0.1) is 0 Å². The standard InChI is InChI=1S/C30H45N7/c1-5-10-27(36-19-15-31-16-20-36)29-33-26-21-24(22-32-28(26)37(29)6-2)23-35-17-13-30(14-18-35,34(3)4)25-11-8-7-9-12-25/h7-9,11-12,21-22,27,31H,5-6,10,13-20,23H2,1-4H3/t27-/m0/s1. The van der Waals surface area contributed by atoms with Crippen LogP contribution in [0.25, 0.3) is 11.2 Å². The summed E-state index contributed by atoms with van der Waals surface area (Å²) in [6.45, 7) is 12.8. The summed E-state index contributed by atoms with van der Waals surface area (Å²) in [5, 5.41) is 3.50. The number of piperazine rings is 1. The topological polar surface area (TPSA) is 52.5 Å². The van der Waals surface area contributed by atoms with Crippen LogP contribution in [-0.4, -0.2) is 82.6 Å². The molecule has 2 fully saturated rings. The van der Waals surface area contributed by atoms with Crippen LogP contribution in [0.3, 0.4) is 0 Å². The predicted molar refractivity (Wildman–Crippen MR) is 152 cm³/mol. The van der Waals surface area contributed by atoms with E-state index in [1.807, 2.05) is 0 Å². The number of likely N-dealkylation sites (tertiary alicyclic amines) is 1. The third kappa shape index (κ3) is 5.32. The van der Waals surface area contributed by atoms with Crippen molar-refractivity contribution in [3.63, 3.8) is 0 Å². The lowest BCUT2D eigenvalue weighted by molar-refractivity contribution is 0.0507. The molecule has 2 aliphatic heterocycles. The fourth-order valence-corrected chi connectivity index (χ4v) is 6.55. The summed E-state index contributed by atoms with van der Waals surface area (Å²) in [5.74, 6) is 1.20. The minimum atomic E-state index is 0.118. The van der Waals surface area contributed by atoms with E-state index in [1.165, 1.54) is 17.0 Å². The second kappa shape index (κ2) is 11.6. The van der Waals surface area contributed by atoms with Gasteiger partial charge in [-0.1, -0.05) is 43.7 Å². The van der Waals surface area contributed by atoms with Gasteiger partial charge in [0.05, 0.1) is 6.04 Å². The van der Waals surface area contributed by atoms with E-state index in [0.29, 0.717) is 6.04 Å². The first kappa shape index (κ1) is 26.3. The van der Waals surface area contributed by atoms with Crippen LogP contribution in [-0.2, 0) is 18.6 Å². The van der Waals surface area contributed by atoms with Gasteiger partial charge in [0, 0.05) is 64.1 Å². The summed E-state index contributed by atoms with van der Waals surface area (Å²) in [6, 6.07) is 13.7. The molecule has 7 heteroatoms. The molecule has 37 heavy (non-hydrogen) atoms. The van der Waals surface area contributed by atoms with Gasteiger partial charge in [-0.2, -0.15) is 0 Å². The molecule has 0 aliphatic carbocycles. The first-order chi connectivity index (χ1) is 18.1. The van der Waals surface area contributed by atoms with E-state index < -0.39 is 0 Å². The van der Waals surface area contributed by atoms with E-state index in [-0.39, 0.29) is 5.54 Å². The SMILES string of the molecule is CCC[C@@H](c1nc2cc(CN3CCC(c4ccccc4)(N(C)C)CC3)cnc2n1CC)N1CCNCC1. The number of nitrogens with zero attached hydrogens (tertiary/aromatic N) is 6. The Morgan fingerprint density at radius 3 is 2.41 bits per heavy atom. The van der Waals surface area contributed by atoms with E-state index in [4.69, 9.17) is 9.97 Å². The molecule has 1 atom stereocenters. The highest BCUT2D eigenvalue weighted by molar-refractivity contribution is 5.72. The van der Waals surface area contributed by atoms with Gasteiger partial charge < -0.3 is 9.88 Å². The van der Waals surface area contributed by atoms with Gasteiger partial charge in [-0.05, 0) is 57.5 Å². The Labute approximate surface area is 222 Å². The molecule has 2 aliphatic rings. The van der Waals surface area contributed by atoms with Crippen molar-refractivity contribution in [1.82, 2.24) is 34.6 Å². The van der Waals surface area contributed by atoms with E-state index in [0.717, 1.165) is 89.2 Å². The number of fused-ring (bicyclic) bond motifs is 1. The van der Waals surface area contributed by atoms with Crippen LogP contribution in [0.1, 0.15) is 62.5 Å². The van der Waals surface area contributed by atoms with Gasteiger partial charge in [-0.3, -0.25) is 14.7 Å². The van der Waals surface area contributed by atoms with Crippen LogP contribution >= 0.6 is 0 Å². The second-order valence-electron chi connectivity index (χ2n) is 11.1. The summed E-state index contributed by atoms with van der Waals surface area (Å²) in [6.07, 6.45) is 6.66. The van der Waals surface area contributed by atoms with Crippen LogP contribution < -0.4 is 5.32 Å². The Morgan fingerprint density at radius 1 is 1.03 bits per heavy atom. The molecule has 7 nitrogen and oxygen atoms in total. The Kier molecular flexibility index (Phi) is 8.24. The maximum Gasteiger partial charge on any atom is 0.160 e. The highest BCUT2D eigenvalue weighted by Gasteiger charge is 2.38. The molecule has 0 saturated carbocycles. The summed E-state index contributed by atoms with van der Waals surface area (Å²) >= 11 is 0. The van der Waals surface area contributed by atoms with Gasteiger partial charge in [0.1, 0.15) is 11.3 Å². The number of hydrogen-bond acceptors (Lipinski definition) is 6. The van der Waals surface area contributed by atoms with Crippen LogP contribution in [0.5, 0.6) is 0 Å². The number of hydrogen-bond donors (Lipinski definition) is 1. The molecule has 2 aromatic heterocycles. The van der Waals surface area contributed by atoms with Gasteiger partial charge in [-0.15, -0.1) is 0 Å². The Balaban J connectivity index is 1.34. The van der Waals surface area contributed by atoms with Gasteiger partial charge in [0.15, 0.2) is 5.65 Å². The average Bonchev–Trinajstić information content (AvgIpc) is 3.30. The third-order valence-electron chi connectivity index (χ3n) is 8.70. The maximum absolute atomic E-state index is 5.23. The van der Waals surface area contributed by atoms with Crippen molar-refractivity contribution in [2.24, 2.45) is 0 Å². The number of imidazole rings is 1. The molecule has 1 aromatic carbocycles. The molecule has 0 bridgehead atoms. The van der Waals surface area contributed by atoms with Crippen molar-refractivity contribution in [3.8, 4) is 0 Å². The Hall–Kier alpha value is -2.32. The number of nitrogens with one attached hydrogen (secondary N) is 1. The third-order valence-corrected chi connectivity index (χ3v) is 8.70. The highest BCUT2D eigenvalue weighted by Crippen LogP contribution is 2.37. The number of aromatic nitrogens is 3. The monoisotopic (exact) mass is 503 g/mol. The van der Waals surface area contributed by atoms with Crippen molar-refractivity contribution in [2.45, 2.75) is 64.2 Å². The van der Waals surface area contributed by atoms with Crippen molar-refractivity contribution in [3.05, 3.63) is 59.5 Å². The quantitative estimate of drug-likeness (QED) is 0.471. The fourth-order valence-electron chi connectivity index (χ4n) is 6.55. The molecule has 5 rings (SSSR count). The van der Waals surface area contributed by atoms with E-state index in [2.05, 4.69) is 95.1 Å². The highest BCUT2D eigenvalue weighted by atomic mass is 15.3. The molecular weight excluding hydrogens is 458 g/mol. The minimum absolute atomic E-state index is 0.118. The van der Waals surface area contributed by atoms with E-state index in [9.17, 15) is 0 Å². The number of piperidine rings is 1. The van der Waals surface area contributed by atoms with Gasteiger partial charge in [0.25, 0.3) is 0 Å². The average molecular weight is 504 g/mol. The van der Waals surface area contributed by atoms with Crippen LogP contribution in [0.2, 0.25) is 0 Å². The molecule has 1 N–H and O–H groups in total. The first-order valence-electron chi connectivity index (χ1n) is 14.3. The van der Waals surface area contributed by atoms with Gasteiger partial charge in [0.2, 0.25) is 0 Å². The number of pyridine rings is 1. The zero-order valence-corrected chi connectivity index (χ0v) is 23.3. The molecule has 200 valence electrons. The number of rotatable bonds is 9. The summed E-state index contributed by atoms with van der Waals surface area (Å²) < 4.78 is 2.35. The Bertz CT molecular complexity index is 1140. The molecule has 0 spiro atoms.